The van der Waals surface area contributed by atoms with E-state index in [1.807, 2.05) is 24.3 Å². The molecule has 0 radical (unpaired) electrons. The quantitative estimate of drug-likeness (QED) is 0.401. The zero-order chi connectivity index (χ0) is 20.5. The van der Waals surface area contributed by atoms with Crippen LogP contribution in [0, 0.1) is 20.8 Å². The van der Waals surface area contributed by atoms with Crippen molar-refractivity contribution in [2.45, 2.75) is 20.8 Å². The molecule has 2 heteroatoms. The summed E-state index contributed by atoms with van der Waals surface area (Å²) in [6.45, 7) is 6.37. The molecule has 0 saturated heterocycles. The Bertz CT molecular complexity index is 1170. The van der Waals surface area contributed by atoms with E-state index in [1.165, 1.54) is 38.9 Å². The number of aromatic hydroxyl groups is 2. The summed E-state index contributed by atoms with van der Waals surface area (Å²) in [6, 6.07) is 25.7. The average molecular weight is 380 g/mol. The molecule has 0 fully saturated rings. The molecule has 144 valence electrons. The van der Waals surface area contributed by atoms with Crippen LogP contribution >= 0.6 is 0 Å². The van der Waals surface area contributed by atoms with E-state index in [1.54, 1.807) is 24.3 Å². The van der Waals surface area contributed by atoms with Crippen molar-refractivity contribution >= 4 is 0 Å². The second-order valence-corrected chi connectivity index (χ2v) is 7.61. The van der Waals surface area contributed by atoms with Crippen molar-refractivity contribution in [3.05, 3.63) is 95.6 Å². The molecule has 0 saturated carbocycles. The predicted molar refractivity (Wildman–Crippen MR) is 120 cm³/mol. The van der Waals surface area contributed by atoms with Crippen LogP contribution < -0.4 is 0 Å². The lowest BCUT2D eigenvalue weighted by molar-refractivity contribution is 0.475. The first-order chi connectivity index (χ1) is 13.9. The summed E-state index contributed by atoms with van der Waals surface area (Å²) in [5.74, 6) is 0.556. The van der Waals surface area contributed by atoms with Crippen LogP contribution in [0.4, 0.5) is 0 Å². The monoisotopic (exact) mass is 380 g/mol. The highest BCUT2D eigenvalue weighted by molar-refractivity contribution is 5.80. The Morgan fingerprint density at radius 2 is 0.793 bits per heavy atom. The molecule has 0 amide bonds. The molecule has 0 spiro atoms. The lowest BCUT2D eigenvalue weighted by Gasteiger charge is -2.15. The second kappa shape index (κ2) is 7.48. The Hall–Kier alpha value is -3.52. The third-order valence-corrected chi connectivity index (χ3v) is 5.48. The summed E-state index contributed by atoms with van der Waals surface area (Å²) < 4.78 is 0. The molecule has 0 aliphatic carbocycles. The predicted octanol–water partition coefficient (Wildman–Crippen LogP) is 7.02. The zero-order valence-electron chi connectivity index (χ0n) is 16.9. The van der Waals surface area contributed by atoms with Gasteiger partial charge >= 0.3 is 0 Å². The molecule has 4 aromatic carbocycles. The van der Waals surface area contributed by atoms with Crippen molar-refractivity contribution in [2.75, 3.05) is 0 Å². The number of aryl methyl sites for hydroxylation is 3. The maximum absolute atomic E-state index is 9.59. The van der Waals surface area contributed by atoms with Gasteiger partial charge in [0.25, 0.3) is 0 Å². The summed E-state index contributed by atoms with van der Waals surface area (Å²) in [5.41, 5.74) is 10.5. The van der Waals surface area contributed by atoms with E-state index in [2.05, 4.69) is 51.1 Å². The first-order valence-electron chi connectivity index (χ1n) is 9.73. The first kappa shape index (κ1) is 18.8. The summed E-state index contributed by atoms with van der Waals surface area (Å²) in [4.78, 5) is 0. The minimum atomic E-state index is 0.277. The number of hydrogen-bond acceptors (Lipinski definition) is 2. The van der Waals surface area contributed by atoms with Crippen LogP contribution in [0.5, 0.6) is 11.5 Å². The highest BCUT2D eigenvalue weighted by Gasteiger charge is 2.11. The number of benzene rings is 4. The average Bonchev–Trinajstić information content (AvgIpc) is 2.71. The van der Waals surface area contributed by atoms with Gasteiger partial charge in [-0.1, -0.05) is 48.5 Å². The van der Waals surface area contributed by atoms with Gasteiger partial charge in [0.1, 0.15) is 11.5 Å². The van der Waals surface area contributed by atoms with Gasteiger partial charge in [-0.25, -0.2) is 0 Å². The molecule has 2 nitrogen and oxygen atoms in total. The molecule has 0 bridgehead atoms. The lowest BCUT2D eigenvalue weighted by Crippen LogP contribution is -1.92. The molecule has 0 unspecified atom stereocenters. The second-order valence-electron chi connectivity index (χ2n) is 7.61. The molecular weight excluding hydrogens is 356 g/mol. The maximum Gasteiger partial charge on any atom is 0.115 e. The molecule has 0 atom stereocenters. The Labute approximate surface area is 171 Å². The minimum Gasteiger partial charge on any atom is -0.508 e. The lowest BCUT2D eigenvalue weighted by atomic mass is 9.89. The van der Waals surface area contributed by atoms with Crippen molar-refractivity contribution in [3.63, 3.8) is 0 Å². The van der Waals surface area contributed by atoms with Crippen molar-refractivity contribution < 1.29 is 10.2 Å². The highest BCUT2D eigenvalue weighted by Crippen LogP contribution is 2.35. The SMILES string of the molecule is Cc1ccc(-c2cc(C)c(-c3ccc(O)cc3)cc2C)cc1-c1ccc(O)cc1. The Morgan fingerprint density at radius 1 is 0.414 bits per heavy atom. The summed E-state index contributed by atoms with van der Waals surface area (Å²) in [7, 11) is 0. The van der Waals surface area contributed by atoms with Gasteiger partial charge in [0.05, 0.1) is 0 Å². The third-order valence-electron chi connectivity index (χ3n) is 5.48. The topological polar surface area (TPSA) is 40.5 Å². The molecule has 4 aromatic rings. The van der Waals surface area contributed by atoms with Gasteiger partial charge < -0.3 is 10.2 Å². The number of phenols is 2. The Balaban J connectivity index is 1.79. The summed E-state index contributed by atoms with van der Waals surface area (Å²) >= 11 is 0. The van der Waals surface area contributed by atoms with Crippen LogP contribution in [0.25, 0.3) is 33.4 Å². The van der Waals surface area contributed by atoms with Crippen LogP contribution in [-0.4, -0.2) is 10.2 Å². The van der Waals surface area contributed by atoms with E-state index in [9.17, 15) is 10.2 Å². The molecule has 2 N–H and O–H groups in total. The fraction of sp³-hybridized carbons (Fsp3) is 0.111. The van der Waals surface area contributed by atoms with Gasteiger partial charge in [0.15, 0.2) is 0 Å². The molecule has 0 aromatic heterocycles. The maximum atomic E-state index is 9.59. The van der Waals surface area contributed by atoms with E-state index < -0.39 is 0 Å². The van der Waals surface area contributed by atoms with E-state index in [0.717, 1.165) is 11.1 Å². The minimum absolute atomic E-state index is 0.277. The number of hydrogen-bond donors (Lipinski definition) is 2. The van der Waals surface area contributed by atoms with Crippen molar-refractivity contribution in [2.24, 2.45) is 0 Å². The van der Waals surface area contributed by atoms with Gasteiger partial charge in [0.2, 0.25) is 0 Å². The smallest absolute Gasteiger partial charge is 0.115 e. The van der Waals surface area contributed by atoms with Crippen molar-refractivity contribution in [1.82, 2.24) is 0 Å². The molecule has 29 heavy (non-hydrogen) atoms. The van der Waals surface area contributed by atoms with Gasteiger partial charge in [-0.2, -0.15) is 0 Å². The fourth-order valence-electron chi connectivity index (χ4n) is 3.82. The van der Waals surface area contributed by atoms with Crippen LogP contribution in [0.3, 0.4) is 0 Å². The molecule has 4 rings (SSSR count). The van der Waals surface area contributed by atoms with Gasteiger partial charge in [-0.05, 0) is 101 Å². The summed E-state index contributed by atoms with van der Waals surface area (Å²) in [6.07, 6.45) is 0. The van der Waals surface area contributed by atoms with Crippen molar-refractivity contribution in [1.29, 1.82) is 0 Å². The Morgan fingerprint density at radius 3 is 1.28 bits per heavy atom. The number of phenolic OH excluding ortho intramolecular Hbond substituents is 2. The van der Waals surface area contributed by atoms with Gasteiger partial charge in [-0.15, -0.1) is 0 Å². The highest BCUT2D eigenvalue weighted by atomic mass is 16.3. The molecular formula is C27H24O2. The zero-order valence-corrected chi connectivity index (χ0v) is 16.9. The fourth-order valence-corrected chi connectivity index (χ4v) is 3.82. The van der Waals surface area contributed by atoms with Crippen LogP contribution in [0.15, 0.2) is 78.9 Å². The third kappa shape index (κ3) is 3.74. The van der Waals surface area contributed by atoms with E-state index in [-0.39, 0.29) is 11.5 Å². The van der Waals surface area contributed by atoms with Crippen LogP contribution in [0.2, 0.25) is 0 Å². The van der Waals surface area contributed by atoms with Gasteiger partial charge in [-0.3, -0.25) is 0 Å². The molecule has 0 heterocycles. The van der Waals surface area contributed by atoms with E-state index >= 15 is 0 Å². The van der Waals surface area contributed by atoms with E-state index in [4.69, 9.17) is 0 Å². The largest absolute Gasteiger partial charge is 0.508 e. The van der Waals surface area contributed by atoms with Gasteiger partial charge in [0, 0.05) is 0 Å². The van der Waals surface area contributed by atoms with Crippen LogP contribution in [0.1, 0.15) is 16.7 Å². The van der Waals surface area contributed by atoms with Crippen LogP contribution in [-0.2, 0) is 0 Å². The first-order valence-corrected chi connectivity index (χ1v) is 9.73. The summed E-state index contributed by atoms with van der Waals surface area (Å²) in [5, 5.41) is 19.2. The number of rotatable bonds is 3. The van der Waals surface area contributed by atoms with Crippen molar-refractivity contribution in [3.8, 4) is 44.9 Å². The molecule has 0 aliphatic heterocycles. The normalized spacial score (nSPS) is 10.9. The Kier molecular flexibility index (Phi) is 4.85. The standard InChI is InChI=1S/C27H24O2/c1-17-4-5-22(16-27(17)21-8-12-24(29)13-9-21)26-15-18(2)25(14-19(26)3)20-6-10-23(28)11-7-20/h4-16,28-29H,1-3H3. The molecule has 0 aliphatic rings. The van der Waals surface area contributed by atoms with E-state index in [0.29, 0.717) is 0 Å².